The van der Waals surface area contributed by atoms with E-state index in [9.17, 15) is 0 Å². The van der Waals surface area contributed by atoms with Crippen LogP contribution in [0.4, 0.5) is 5.95 Å². The van der Waals surface area contributed by atoms with Gasteiger partial charge in [-0.3, -0.25) is 4.99 Å². The molecule has 0 radical (unpaired) electrons. The zero-order valence-corrected chi connectivity index (χ0v) is 17.6. The highest BCUT2D eigenvalue weighted by molar-refractivity contribution is 5.86. The van der Waals surface area contributed by atoms with Crippen molar-refractivity contribution in [3.05, 3.63) is 53.2 Å². The Bertz CT molecular complexity index is 1060. The molecule has 0 aliphatic carbocycles. The third-order valence-electron chi connectivity index (χ3n) is 5.09. The predicted molar refractivity (Wildman–Crippen MR) is 118 cm³/mol. The number of hydrogen-bond acceptors (Lipinski definition) is 7. The molecular formula is C23H26N4O3. The van der Waals surface area contributed by atoms with Crippen molar-refractivity contribution in [2.45, 2.75) is 13.5 Å². The average molecular weight is 406 g/mol. The molecule has 1 fully saturated rings. The molecule has 0 spiro atoms. The summed E-state index contributed by atoms with van der Waals surface area (Å²) in [4.78, 5) is 16.4. The summed E-state index contributed by atoms with van der Waals surface area (Å²) in [5.41, 5.74) is 3.94. The number of anilines is 1. The number of aryl methyl sites for hydroxylation is 1. The van der Waals surface area contributed by atoms with Crippen molar-refractivity contribution in [3.63, 3.8) is 0 Å². The van der Waals surface area contributed by atoms with Gasteiger partial charge in [-0.15, -0.1) is 0 Å². The lowest BCUT2D eigenvalue weighted by atomic mass is 10.1. The fraction of sp³-hybridized carbons (Fsp3) is 0.348. The first-order chi connectivity index (χ1) is 14.7. The normalized spacial score (nSPS) is 14.4. The van der Waals surface area contributed by atoms with Gasteiger partial charge in [0, 0.05) is 30.8 Å². The van der Waals surface area contributed by atoms with Crippen molar-refractivity contribution in [2.75, 3.05) is 45.4 Å². The van der Waals surface area contributed by atoms with Crippen molar-refractivity contribution in [3.8, 4) is 11.5 Å². The Morgan fingerprint density at radius 1 is 1.07 bits per heavy atom. The third-order valence-corrected chi connectivity index (χ3v) is 5.09. The Kier molecular flexibility index (Phi) is 6.09. The standard InChI is InChI=1S/C23H26N4O3/c1-16-5-4-6-17(11-16)14-24-15-20-18-12-21(28-2)22(29-3)13-19(18)25-23(26-20)27-7-9-30-10-8-27/h4-6,11-14H,7-10,15H2,1-3H3. The first-order valence-electron chi connectivity index (χ1n) is 10.00. The lowest BCUT2D eigenvalue weighted by Gasteiger charge is -2.27. The molecule has 4 rings (SSSR count). The predicted octanol–water partition coefficient (Wildman–Crippen LogP) is 3.41. The number of aromatic nitrogens is 2. The van der Waals surface area contributed by atoms with E-state index in [-0.39, 0.29) is 0 Å². The molecule has 1 aliphatic heterocycles. The van der Waals surface area contributed by atoms with Crippen LogP contribution in [0.2, 0.25) is 0 Å². The van der Waals surface area contributed by atoms with Gasteiger partial charge in [-0.1, -0.05) is 29.8 Å². The number of ether oxygens (including phenoxy) is 3. The van der Waals surface area contributed by atoms with Gasteiger partial charge in [0.2, 0.25) is 5.95 Å². The molecule has 7 nitrogen and oxygen atoms in total. The molecule has 7 heteroatoms. The van der Waals surface area contributed by atoms with Gasteiger partial charge >= 0.3 is 0 Å². The largest absolute Gasteiger partial charge is 0.493 e. The summed E-state index contributed by atoms with van der Waals surface area (Å²) in [6.07, 6.45) is 1.89. The summed E-state index contributed by atoms with van der Waals surface area (Å²) >= 11 is 0. The number of rotatable bonds is 6. The van der Waals surface area contributed by atoms with Crippen molar-refractivity contribution in [1.82, 2.24) is 9.97 Å². The maximum Gasteiger partial charge on any atom is 0.226 e. The van der Waals surface area contributed by atoms with Crippen LogP contribution >= 0.6 is 0 Å². The molecule has 1 aliphatic rings. The smallest absolute Gasteiger partial charge is 0.226 e. The van der Waals surface area contributed by atoms with Crippen LogP contribution in [0, 0.1) is 6.92 Å². The van der Waals surface area contributed by atoms with Crippen LogP contribution in [0.15, 0.2) is 41.4 Å². The zero-order chi connectivity index (χ0) is 20.9. The molecule has 156 valence electrons. The van der Waals surface area contributed by atoms with Gasteiger partial charge in [0.05, 0.1) is 45.2 Å². The molecule has 0 amide bonds. The fourth-order valence-electron chi connectivity index (χ4n) is 3.52. The molecule has 0 unspecified atom stereocenters. The molecule has 0 atom stereocenters. The highest BCUT2D eigenvalue weighted by atomic mass is 16.5. The minimum Gasteiger partial charge on any atom is -0.493 e. The molecule has 2 heterocycles. The second kappa shape index (κ2) is 9.09. The first kappa shape index (κ1) is 20.1. The van der Waals surface area contributed by atoms with E-state index >= 15 is 0 Å². The maximum absolute atomic E-state index is 5.49. The Morgan fingerprint density at radius 3 is 2.57 bits per heavy atom. The molecule has 1 aromatic heterocycles. The Balaban J connectivity index is 1.74. The van der Waals surface area contributed by atoms with Crippen molar-refractivity contribution in [1.29, 1.82) is 0 Å². The van der Waals surface area contributed by atoms with Gasteiger partial charge in [0.1, 0.15) is 0 Å². The number of morpholine rings is 1. The molecule has 0 N–H and O–H groups in total. The lowest BCUT2D eigenvalue weighted by molar-refractivity contribution is 0.122. The van der Waals surface area contributed by atoms with Gasteiger partial charge in [0.15, 0.2) is 11.5 Å². The second-order valence-corrected chi connectivity index (χ2v) is 7.18. The summed E-state index contributed by atoms with van der Waals surface area (Å²) in [6.45, 7) is 5.40. The van der Waals surface area contributed by atoms with Crippen LogP contribution in [-0.4, -0.2) is 56.7 Å². The van der Waals surface area contributed by atoms with Gasteiger partial charge in [-0.25, -0.2) is 9.97 Å². The van der Waals surface area contributed by atoms with E-state index in [0.717, 1.165) is 35.2 Å². The molecule has 1 saturated heterocycles. The number of benzene rings is 2. The van der Waals surface area contributed by atoms with E-state index in [4.69, 9.17) is 24.2 Å². The average Bonchev–Trinajstić information content (AvgIpc) is 2.78. The quantitative estimate of drug-likeness (QED) is 0.585. The maximum atomic E-state index is 5.49. The Labute approximate surface area is 176 Å². The van der Waals surface area contributed by atoms with Crippen LogP contribution in [-0.2, 0) is 11.3 Å². The highest BCUT2D eigenvalue weighted by Crippen LogP contribution is 2.33. The van der Waals surface area contributed by atoms with Crippen molar-refractivity contribution in [2.24, 2.45) is 4.99 Å². The number of hydrogen-bond donors (Lipinski definition) is 0. The minimum absolute atomic E-state index is 0.444. The van der Waals surface area contributed by atoms with Gasteiger partial charge < -0.3 is 19.1 Å². The summed E-state index contributed by atoms with van der Waals surface area (Å²) in [6, 6.07) is 12.1. The van der Waals surface area contributed by atoms with Crippen LogP contribution in [0.3, 0.4) is 0 Å². The molecule has 2 aromatic carbocycles. The first-order valence-corrected chi connectivity index (χ1v) is 10.00. The lowest BCUT2D eigenvalue weighted by Crippen LogP contribution is -2.37. The molecular weight excluding hydrogens is 380 g/mol. The second-order valence-electron chi connectivity index (χ2n) is 7.18. The van der Waals surface area contributed by atoms with Gasteiger partial charge in [-0.2, -0.15) is 0 Å². The SMILES string of the molecule is COc1cc2nc(N3CCOCC3)nc(CN=Cc3cccc(C)c3)c2cc1OC. The molecule has 0 bridgehead atoms. The van der Waals surface area contributed by atoms with E-state index in [1.165, 1.54) is 5.56 Å². The van der Waals surface area contributed by atoms with E-state index in [1.54, 1.807) is 14.2 Å². The van der Waals surface area contributed by atoms with E-state index < -0.39 is 0 Å². The highest BCUT2D eigenvalue weighted by Gasteiger charge is 2.18. The molecule has 30 heavy (non-hydrogen) atoms. The Morgan fingerprint density at radius 2 is 1.83 bits per heavy atom. The summed E-state index contributed by atoms with van der Waals surface area (Å²) in [5.74, 6) is 1.99. The molecule has 0 saturated carbocycles. The van der Waals surface area contributed by atoms with Crippen molar-refractivity contribution >= 4 is 23.1 Å². The number of nitrogens with zero attached hydrogens (tertiary/aromatic N) is 4. The van der Waals surface area contributed by atoms with Crippen molar-refractivity contribution < 1.29 is 14.2 Å². The fourth-order valence-corrected chi connectivity index (χ4v) is 3.52. The van der Waals surface area contributed by atoms with Gasteiger partial charge in [-0.05, 0) is 18.6 Å². The topological polar surface area (TPSA) is 69.1 Å². The monoisotopic (exact) mass is 406 g/mol. The van der Waals surface area contributed by atoms with Crippen LogP contribution in [0.5, 0.6) is 11.5 Å². The van der Waals surface area contributed by atoms with E-state index in [1.807, 2.05) is 30.5 Å². The summed E-state index contributed by atoms with van der Waals surface area (Å²) < 4.78 is 16.4. The zero-order valence-electron chi connectivity index (χ0n) is 17.6. The van der Waals surface area contributed by atoms with Crippen LogP contribution in [0.25, 0.3) is 10.9 Å². The summed E-state index contributed by atoms with van der Waals surface area (Å²) in [5, 5.41) is 0.908. The molecule has 3 aromatic rings. The number of fused-ring (bicyclic) bond motifs is 1. The van der Waals surface area contributed by atoms with Gasteiger partial charge in [0.25, 0.3) is 0 Å². The third kappa shape index (κ3) is 4.36. The van der Waals surface area contributed by atoms with Crippen LogP contribution in [0.1, 0.15) is 16.8 Å². The summed E-state index contributed by atoms with van der Waals surface area (Å²) in [7, 11) is 3.25. The van der Waals surface area contributed by atoms with E-state index in [0.29, 0.717) is 37.2 Å². The number of methoxy groups -OCH3 is 2. The minimum atomic E-state index is 0.444. The number of aliphatic imine (C=N–C) groups is 1. The van der Waals surface area contributed by atoms with Crippen LogP contribution < -0.4 is 14.4 Å². The van der Waals surface area contributed by atoms with E-state index in [2.05, 4.69) is 28.9 Å². The Hall–Kier alpha value is -3.19.